The molecule has 0 aliphatic rings. The maximum atomic E-state index is 14.6. The first-order valence-corrected chi connectivity index (χ1v) is 12.0. The van der Waals surface area contributed by atoms with Gasteiger partial charge in [0.25, 0.3) is 0 Å². The number of anilines is 1. The smallest absolute Gasteiger partial charge is 0.138 e. The number of H-pyrrole nitrogens is 2. The lowest BCUT2D eigenvalue weighted by molar-refractivity contribution is 0.425. The Bertz CT molecular complexity index is 1700. The van der Waals surface area contributed by atoms with Crippen molar-refractivity contribution in [1.82, 2.24) is 35.0 Å². The van der Waals surface area contributed by atoms with Gasteiger partial charge < -0.3 is 15.2 Å². The number of nitrogens with one attached hydrogen (secondary N) is 3. The van der Waals surface area contributed by atoms with Crippen LogP contribution in [0.3, 0.4) is 0 Å². The van der Waals surface area contributed by atoms with Gasteiger partial charge in [-0.1, -0.05) is 6.07 Å². The fourth-order valence-corrected chi connectivity index (χ4v) is 4.42. The Labute approximate surface area is 212 Å². The predicted molar refractivity (Wildman–Crippen MR) is 145 cm³/mol. The average molecular weight is 493 g/mol. The molecule has 0 spiro atoms. The summed E-state index contributed by atoms with van der Waals surface area (Å²) in [5.41, 5.74) is 7.64. The van der Waals surface area contributed by atoms with E-state index in [2.05, 4.69) is 35.4 Å². The predicted octanol–water partition coefficient (Wildman–Crippen LogP) is 5.34. The molecular weight excluding hydrogens is 467 g/mol. The van der Waals surface area contributed by atoms with Gasteiger partial charge in [-0.15, -0.1) is 0 Å². The molecule has 184 valence electrons. The number of rotatable bonds is 7. The van der Waals surface area contributed by atoms with E-state index in [-0.39, 0.29) is 5.82 Å². The van der Waals surface area contributed by atoms with Crippen LogP contribution < -0.4 is 5.32 Å². The van der Waals surface area contributed by atoms with Gasteiger partial charge in [-0.05, 0) is 79.8 Å². The lowest BCUT2D eigenvalue weighted by atomic mass is 10.0. The van der Waals surface area contributed by atoms with Crippen LogP contribution in [0.1, 0.15) is 0 Å². The Morgan fingerprint density at radius 2 is 1.86 bits per heavy atom. The maximum absolute atomic E-state index is 14.6. The summed E-state index contributed by atoms with van der Waals surface area (Å²) in [6, 6.07) is 18.5. The molecule has 0 saturated carbocycles. The van der Waals surface area contributed by atoms with E-state index in [1.165, 1.54) is 6.07 Å². The number of likely N-dealkylation sites (N-methyl/N-ethyl adjacent to an activating group) is 1. The maximum Gasteiger partial charge on any atom is 0.138 e. The fraction of sp³-hybridized carbons (Fsp3) is 0.143. The van der Waals surface area contributed by atoms with E-state index in [4.69, 9.17) is 4.98 Å². The summed E-state index contributed by atoms with van der Waals surface area (Å²) in [5, 5.41) is 11.8. The largest absolute Gasteiger partial charge is 0.384 e. The molecule has 0 radical (unpaired) electrons. The highest BCUT2D eigenvalue weighted by Gasteiger charge is 2.16. The van der Waals surface area contributed by atoms with Gasteiger partial charge in [0.1, 0.15) is 22.7 Å². The Morgan fingerprint density at radius 3 is 2.70 bits per heavy atom. The standard InChI is InChI=1S/C28H25FN8/c1-37(2)12-11-30-19-14-17(13-18(29)15-19)20-8-10-32-28-21(20)16-25(34-28)27-26-24(35-36-27)7-6-23(33-26)22-5-3-4-9-31-22/h3-10,13-16,30H,11-12H2,1-2H3,(H,32,34)(H,35,36). The van der Waals surface area contributed by atoms with Crippen LogP contribution in [-0.2, 0) is 0 Å². The third-order valence-electron chi connectivity index (χ3n) is 6.22. The number of nitrogens with zero attached hydrogens (tertiary/aromatic N) is 5. The Kier molecular flexibility index (Phi) is 5.82. The second-order valence-electron chi connectivity index (χ2n) is 9.14. The molecule has 6 aromatic rings. The molecule has 0 amide bonds. The van der Waals surface area contributed by atoms with E-state index in [1.807, 2.05) is 62.6 Å². The number of fused-ring (bicyclic) bond motifs is 2. The third-order valence-corrected chi connectivity index (χ3v) is 6.22. The molecule has 0 fully saturated rings. The summed E-state index contributed by atoms with van der Waals surface area (Å²) >= 11 is 0. The van der Waals surface area contributed by atoms with Gasteiger partial charge in [0.2, 0.25) is 0 Å². The molecule has 37 heavy (non-hydrogen) atoms. The zero-order valence-electron chi connectivity index (χ0n) is 20.5. The lowest BCUT2D eigenvalue weighted by Crippen LogP contribution is -2.20. The van der Waals surface area contributed by atoms with E-state index in [9.17, 15) is 4.39 Å². The van der Waals surface area contributed by atoms with Crippen molar-refractivity contribution in [2.45, 2.75) is 0 Å². The summed E-state index contributed by atoms with van der Waals surface area (Å²) in [5.74, 6) is -0.296. The molecule has 1 aromatic carbocycles. The van der Waals surface area contributed by atoms with Crippen LogP contribution in [0.5, 0.6) is 0 Å². The summed E-state index contributed by atoms with van der Waals surface area (Å²) < 4.78 is 14.6. The molecule has 3 N–H and O–H groups in total. The van der Waals surface area contributed by atoms with E-state index >= 15 is 0 Å². The molecule has 8 nitrogen and oxygen atoms in total. The van der Waals surface area contributed by atoms with E-state index < -0.39 is 0 Å². The van der Waals surface area contributed by atoms with Crippen LogP contribution >= 0.6 is 0 Å². The molecule has 5 aromatic heterocycles. The van der Waals surface area contributed by atoms with Gasteiger partial charge >= 0.3 is 0 Å². The number of hydrogen-bond acceptors (Lipinski definition) is 6. The number of aromatic amines is 2. The van der Waals surface area contributed by atoms with Crippen molar-refractivity contribution >= 4 is 27.8 Å². The summed E-state index contributed by atoms with van der Waals surface area (Å²) in [7, 11) is 4.01. The second kappa shape index (κ2) is 9.44. The second-order valence-corrected chi connectivity index (χ2v) is 9.14. The lowest BCUT2D eigenvalue weighted by Gasteiger charge is -2.13. The summed E-state index contributed by atoms with van der Waals surface area (Å²) in [4.78, 5) is 19.2. The van der Waals surface area contributed by atoms with Crippen LogP contribution in [-0.4, -0.2) is 62.2 Å². The minimum atomic E-state index is -0.296. The first-order valence-electron chi connectivity index (χ1n) is 12.0. The molecule has 0 aliphatic heterocycles. The Balaban J connectivity index is 1.41. The molecule has 0 bridgehead atoms. The van der Waals surface area contributed by atoms with Gasteiger partial charge in [-0.3, -0.25) is 10.1 Å². The Morgan fingerprint density at radius 1 is 0.946 bits per heavy atom. The number of aromatic nitrogens is 6. The summed E-state index contributed by atoms with van der Waals surface area (Å²) in [6.07, 6.45) is 3.47. The molecule has 9 heteroatoms. The molecule has 0 atom stereocenters. The Hall–Kier alpha value is -4.63. The molecule has 6 rings (SSSR count). The van der Waals surface area contributed by atoms with Crippen molar-refractivity contribution in [2.75, 3.05) is 32.5 Å². The van der Waals surface area contributed by atoms with Crippen LogP contribution in [0.2, 0.25) is 0 Å². The van der Waals surface area contributed by atoms with Crippen molar-refractivity contribution in [3.63, 3.8) is 0 Å². The van der Waals surface area contributed by atoms with Crippen molar-refractivity contribution in [3.05, 3.63) is 78.9 Å². The third kappa shape index (κ3) is 4.52. The van der Waals surface area contributed by atoms with Crippen molar-refractivity contribution in [1.29, 1.82) is 0 Å². The fourth-order valence-electron chi connectivity index (χ4n) is 4.42. The zero-order valence-corrected chi connectivity index (χ0v) is 20.5. The highest BCUT2D eigenvalue weighted by atomic mass is 19.1. The zero-order chi connectivity index (χ0) is 25.4. The van der Waals surface area contributed by atoms with E-state index in [0.717, 1.165) is 63.4 Å². The van der Waals surface area contributed by atoms with Crippen molar-refractivity contribution < 1.29 is 4.39 Å². The first-order chi connectivity index (χ1) is 18.0. The minimum Gasteiger partial charge on any atom is -0.384 e. The van der Waals surface area contributed by atoms with Crippen LogP contribution in [0.15, 0.2) is 73.1 Å². The van der Waals surface area contributed by atoms with Gasteiger partial charge in [0.05, 0.1) is 22.6 Å². The van der Waals surface area contributed by atoms with E-state index in [1.54, 1.807) is 18.5 Å². The topological polar surface area (TPSA) is 98.4 Å². The first kappa shape index (κ1) is 22.8. The highest BCUT2D eigenvalue weighted by Crippen LogP contribution is 2.34. The molecule has 0 unspecified atom stereocenters. The van der Waals surface area contributed by atoms with Crippen molar-refractivity contribution in [3.8, 4) is 33.9 Å². The number of benzene rings is 1. The molecule has 5 heterocycles. The van der Waals surface area contributed by atoms with Crippen LogP contribution in [0.4, 0.5) is 10.1 Å². The molecule has 0 aliphatic carbocycles. The molecule has 0 saturated heterocycles. The van der Waals surface area contributed by atoms with Gasteiger partial charge in [0, 0.05) is 36.6 Å². The highest BCUT2D eigenvalue weighted by molar-refractivity contribution is 5.99. The normalized spacial score (nSPS) is 11.6. The number of hydrogen-bond donors (Lipinski definition) is 3. The van der Waals surface area contributed by atoms with Crippen molar-refractivity contribution in [2.24, 2.45) is 0 Å². The quantitative estimate of drug-likeness (QED) is 0.278. The van der Waals surface area contributed by atoms with Gasteiger partial charge in [0.15, 0.2) is 0 Å². The van der Waals surface area contributed by atoms with Crippen LogP contribution in [0.25, 0.3) is 56.0 Å². The monoisotopic (exact) mass is 492 g/mol. The minimum absolute atomic E-state index is 0.296. The van der Waals surface area contributed by atoms with Crippen LogP contribution in [0, 0.1) is 5.82 Å². The number of pyridine rings is 3. The number of halogens is 1. The average Bonchev–Trinajstić information content (AvgIpc) is 3.52. The summed E-state index contributed by atoms with van der Waals surface area (Å²) in [6.45, 7) is 1.57. The SMILES string of the molecule is CN(C)CCNc1cc(F)cc(-c2ccnc3[nH]c(-c4n[nH]c5ccc(-c6ccccn6)nc45)cc23)c1. The molecular formula is C28H25FN8. The van der Waals surface area contributed by atoms with Gasteiger partial charge in [-0.2, -0.15) is 5.10 Å². The van der Waals surface area contributed by atoms with Gasteiger partial charge in [-0.25, -0.2) is 14.4 Å². The van der Waals surface area contributed by atoms with E-state index in [0.29, 0.717) is 11.3 Å².